The standard InChI is InChI=1S/C12H17ClOS/c13-6-2-1-4-9-8-10(9)12(14)11-5-3-7-15-11/h3,5,7,9-10,12,14H,1-2,4,6,8H2/t9-,10+,12-/m0/s1. The molecular formula is C12H17ClOS. The highest BCUT2D eigenvalue weighted by Gasteiger charge is 2.42. The SMILES string of the molecule is O[C@H](c1cccs1)[C@@H]1C[C@@H]1CCCCCl. The summed E-state index contributed by atoms with van der Waals surface area (Å²) < 4.78 is 0. The molecule has 0 unspecified atom stereocenters. The van der Waals surface area contributed by atoms with E-state index in [0.29, 0.717) is 5.92 Å². The van der Waals surface area contributed by atoms with Crippen LogP contribution in [0.25, 0.3) is 0 Å². The highest BCUT2D eigenvalue weighted by atomic mass is 35.5. The molecule has 84 valence electrons. The minimum Gasteiger partial charge on any atom is -0.387 e. The van der Waals surface area contributed by atoms with E-state index < -0.39 is 0 Å². The Kier molecular flexibility index (Phi) is 4.06. The van der Waals surface area contributed by atoms with Crippen LogP contribution >= 0.6 is 22.9 Å². The van der Waals surface area contributed by atoms with Crippen LogP contribution in [0, 0.1) is 11.8 Å². The second-order valence-electron chi connectivity index (χ2n) is 4.30. The van der Waals surface area contributed by atoms with E-state index in [-0.39, 0.29) is 6.10 Å². The van der Waals surface area contributed by atoms with Crippen molar-refractivity contribution in [1.29, 1.82) is 0 Å². The van der Waals surface area contributed by atoms with Gasteiger partial charge in [0.2, 0.25) is 0 Å². The van der Waals surface area contributed by atoms with Crippen LogP contribution in [-0.4, -0.2) is 11.0 Å². The van der Waals surface area contributed by atoms with Gasteiger partial charge in [0, 0.05) is 10.8 Å². The number of hydrogen-bond donors (Lipinski definition) is 1. The van der Waals surface area contributed by atoms with Gasteiger partial charge in [0.15, 0.2) is 0 Å². The molecule has 15 heavy (non-hydrogen) atoms. The Morgan fingerprint density at radius 1 is 1.53 bits per heavy atom. The van der Waals surface area contributed by atoms with E-state index in [1.807, 2.05) is 17.5 Å². The van der Waals surface area contributed by atoms with Gasteiger partial charge in [-0.3, -0.25) is 0 Å². The molecule has 0 amide bonds. The molecule has 1 aromatic heterocycles. The fourth-order valence-corrected chi connectivity index (χ4v) is 3.14. The van der Waals surface area contributed by atoms with Gasteiger partial charge in [0.25, 0.3) is 0 Å². The first-order valence-corrected chi connectivity index (χ1v) is 7.01. The van der Waals surface area contributed by atoms with Gasteiger partial charge in [-0.1, -0.05) is 18.9 Å². The number of unbranched alkanes of at least 4 members (excludes halogenated alkanes) is 1. The molecule has 1 heterocycles. The first kappa shape index (κ1) is 11.4. The van der Waals surface area contributed by atoms with Gasteiger partial charge >= 0.3 is 0 Å². The minimum atomic E-state index is -0.217. The van der Waals surface area contributed by atoms with E-state index in [4.69, 9.17) is 11.6 Å². The van der Waals surface area contributed by atoms with Crippen molar-refractivity contribution in [2.24, 2.45) is 11.8 Å². The Hall–Kier alpha value is -0.0500. The third-order valence-electron chi connectivity index (χ3n) is 3.18. The van der Waals surface area contributed by atoms with E-state index in [0.717, 1.165) is 23.1 Å². The molecule has 1 fully saturated rings. The van der Waals surface area contributed by atoms with Crippen LogP contribution in [-0.2, 0) is 0 Å². The molecule has 3 heteroatoms. The summed E-state index contributed by atoms with van der Waals surface area (Å²) in [5.41, 5.74) is 0. The number of aliphatic hydroxyl groups excluding tert-OH is 1. The topological polar surface area (TPSA) is 20.2 Å². The maximum absolute atomic E-state index is 10.1. The lowest BCUT2D eigenvalue weighted by Crippen LogP contribution is -1.99. The third kappa shape index (κ3) is 2.96. The molecule has 1 aliphatic carbocycles. The number of alkyl halides is 1. The van der Waals surface area contributed by atoms with Gasteiger partial charge < -0.3 is 5.11 Å². The van der Waals surface area contributed by atoms with Gasteiger partial charge in [-0.15, -0.1) is 22.9 Å². The van der Waals surface area contributed by atoms with Crippen molar-refractivity contribution in [2.45, 2.75) is 31.8 Å². The minimum absolute atomic E-state index is 0.217. The summed E-state index contributed by atoms with van der Waals surface area (Å²) in [6.45, 7) is 0. The van der Waals surface area contributed by atoms with Crippen LogP contribution in [0.2, 0.25) is 0 Å². The predicted molar refractivity (Wildman–Crippen MR) is 65.4 cm³/mol. The van der Waals surface area contributed by atoms with Gasteiger partial charge in [-0.2, -0.15) is 0 Å². The average molecular weight is 245 g/mol. The highest BCUT2D eigenvalue weighted by Crippen LogP contribution is 2.50. The van der Waals surface area contributed by atoms with Crippen molar-refractivity contribution >= 4 is 22.9 Å². The zero-order chi connectivity index (χ0) is 10.7. The fraction of sp³-hybridized carbons (Fsp3) is 0.667. The Labute approximate surface area is 100 Å². The zero-order valence-electron chi connectivity index (χ0n) is 8.73. The molecule has 1 N–H and O–H groups in total. The lowest BCUT2D eigenvalue weighted by atomic mass is 10.1. The largest absolute Gasteiger partial charge is 0.387 e. The van der Waals surface area contributed by atoms with Crippen molar-refractivity contribution < 1.29 is 5.11 Å². The number of rotatable bonds is 6. The van der Waals surface area contributed by atoms with E-state index >= 15 is 0 Å². The number of halogens is 1. The van der Waals surface area contributed by atoms with Crippen molar-refractivity contribution in [2.75, 3.05) is 5.88 Å². The molecule has 1 aliphatic rings. The van der Waals surface area contributed by atoms with Crippen LogP contribution in [0.4, 0.5) is 0 Å². The first-order valence-electron chi connectivity index (χ1n) is 5.60. The normalized spacial score (nSPS) is 26.5. The Morgan fingerprint density at radius 2 is 2.40 bits per heavy atom. The van der Waals surface area contributed by atoms with Crippen LogP contribution in [0.1, 0.15) is 36.7 Å². The summed E-state index contributed by atoms with van der Waals surface area (Å²) in [6.07, 6.45) is 4.54. The van der Waals surface area contributed by atoms with Crippen LogP contribution in [0.15, 0.2) is 17.5 Å². The zero-order valence-corrected chi connectivity index (χ0v) is 10.3. The molecule has 0 spiro atoms. The molecule has 0 bridgehead atoms. The quantitative estimate of drug-likeness (QED) is 0.596. The van der Waals surface area contributed by atoms with Crippen LogP contribution < -0.4 is 0 Å². The van der Waals surface area contributed by atoms with E-state index in [9.17, 15) is 5.11 Å². The highest BCUT2D eigenvalue weighted by molar-refractivity contribution is 7.10. The second kappa shape index (κ2) is 5.33. The summed E-state index contributed by atoms with van der Waals surface area (Å²) in [6, 6.07) is 4.04. The van der Waals surface area contributed by atoms with Gasteiger partial charge in [0.1, 0.15) is 0 Å². The van der Waals surface area contributed by atoms with Gasteiger partial charge in [-0.25, -0.2) is 0 Å². The van der Waals surface area contributed by atoms with E-state index in [2.05, 4.69) is 0 Å². The lowest BCUT2D eigenvalue weighted by Gasteiger charge is -2.07. The van der Waals surface area contributed by atoms with Crippen LogP contribution in [0.3, 0.4) is 0 Å². The second-order valence-corrected chi connectivity index (χ2v) is 5.66. The monoisotopic (exact) mass is 244 g/mol. The van der Waals surface area contributed by atoms with Crippen molar-refractivity contribution in [3.63, 3.8) is 0 Å². The Balaban J connectivity index is 1.74. The predicted octanol–water partition coefficient (Wildman–Crippen LogP) is 3.83. The van der Waals surface area contributed by atoms with E-state index in [1.54, 1.807) is 11.3 Å². The summed E-state index contributed by atoms with van der Waals surface area (Å²) >= 11 is 7.30. The fourth-order valence-electron chi connectivity index (χ4n) is 2.16. The molecule has 1 saturated carbocycles. The summed E-state index contributed by atoms with van der Waals surface area (Å²) in [5, 5.41) is 12.1. The lowest BCUT2D eigenvalue weighted by molar-refractivity contribution is 0.149. The number of aliphatic hydroxyl groups is 1. The van der Waals surface area contributed by atoms with Crippen molar-refractivity contribution in [1.82, 2.24) is 0 Å². The average Bonchev–Trinajstić information content (AvgIpc) is 2.79. The Morgan fingerprint density at radius 3 is 3.07 bits per heavy atom. The van der Waals surface area contributed by atoms with E-state index in [1.165, 1.54) is 19.3 Å². The molecule has 2 rings (SSSR count). The Bertz CT molecular complexity index is 286. The van der Waals surface area contributed by atoms with Crippen molar-refractivity contribution in [3.8, 4) is 0 Å². The third-order valence-corrected chi connectivity index (χ3v) is 4.39. The number of thiophene rings is 1. The number of hydrogen-bond acceptors (Lipinski definition) is 2. The molecule has 1 aromatic rings. The molecule has 3 atom stereocenters. The molecular weight excluding hydrogens is 228 g/mol. The van der Waals surface area contributed by atoms with Gasteiger partial charge in [-0.05, 0) is 36.1 Å². The van der Waals surface area contributed by atoms with Gasteiger partial charge in [0.05, 0.1) is 6.10 Å². The molecule has 0 aromatic carbocycles. The summed E-state index contributed by atoms with van der Waals surface area (Å²) in [5.74, 6) is 2.02. The smallest absolute Gasteiger partial charge is 0.0912 e. The molecule has 1 nitrogen and oxygen atoms in total. The van der Waals surface area contributed by atoms with Crippen molar-refractivity contribution in [3.05, 3.63) is 22.4 Å². The maximum Gasteiger partial charge on any atom is 0.0912 e. The first-order chi connectivity index (χ1) is 7.33. The molecule has 0 saturated heterocycles. The summed E-state index contributed by atoms with van der Waals surface area (Å²) in [7, 11) is 0. The molecule has 0 aliphatic heterocycles. The summed E-state index contributed by atoms with van der Waals surface area (Å²) in [4.78, 5) is 1.12. The molecule has 0 radical (unpaired) electrons. The van der Waals surface area contributed by atoms with Crippen LogP contribution in [0.5, 0.6) is 0 Å². The maximum atomic E-state index is 10.1.